The van der Waals surface area contributed by atoms with Crippen molar-refractivity contribution < 1.29 is 9.53 Å². The van der Waals surface area contributed by atoms with Crippen molar-refractivity contribution >= 4 is 5.91 Å². The molecule has 140 valence electrons. The summed E-state index contributed by atoms with van der Waals surface area (Å²) in [6.07, 6.45) is 8.25. The number of likely N-dealkylation sites (tertiary alicyclic amines) is 1. The fourth-order valence-corrected chi connectivity index (χ4v) is 3.51. The third-order valence-corrected chi connectivity index (χ3v) is 5.06. The van der Waals surface area contributed by atoms with Crippen LogP contribution in [0.4, 0.5) is 0 Å². The Bertz CT molecular complexity index is 743. The molecule has 26 heavy (non-hydrogen) atoms. The predicted octanol–water partition coefficient (Wildman–Crippen LogP) is 2.71. The number of hydrogen-bond acceptors (Lipinski definition) is 4. The lowest BCUT2D eigenvalue weighted by Crippen LogP contribution is -2.45. The number of nitrogens with zero attached hydrogens (tertiary/aromatic N) is 4. The Hall–Kier alpha value is -2.34. The summed E-state index contributed by atoms with van der Waals surface area (Å²) in [5.41, 5.74) is 1.95. The zero-order chi connectivity index (χ0) is 18.5. The van der Waals surface area contributed by atoms with Gasteiger partial charge in [0.1, 0.15) is 5.75 Å². The van der Waals surface area contributed by atoms with E-state index >= 15 is 0 Å². The second-order valence-corrected chi connectivity index (χ2v) is 7.03. The number of carbonyl (C=O) groups is 1. The molecule has 0 unspecified atom stereocenters. The van der Waals surface area contributed by atoms with Crippen molar-refractivity contribution in [2.24, 2.45) is 0 Å². The van der Waals surface area contributed by atoms with Crippen molar-refractivity contribution in [2.75, 3.05) is 27.7 Å². The van der Waals surface area contributed by atoms with Gasteiger partial charge in [-0.15, -0.1) is 0 Å². The lowest BCUT2D eigenvalue weighted by atomic mass is 10.1. The molecule has 1 aliphatic heterocycles. The minimum atomic E-state index is -0.00377. The average molecular weight is 356 g/mol. The van der Waals surface area contributed by atoms with E-state index in [1.807, 2.05) is 53.3 Å². The number of hydrogen-bond donors (Lipinski definition) is 0. The third kappa shape index (κ3) is 4.25. The first-order valence-corrected chi connectivity index (χ1v) is 9.21. The number of amides is 1. The molecule has 0 radical (unpaired) electrons. The van der Waals surface area contributed by atoms with Gasteiger partial charge in [0.15, 0.2) is 0 Å². The van der Waals surface area contributed by atoms with Crippen LogP contribution in [0.3, 0.4) is 0 Å². The van der Waals surface area contributed by atoms with Gasteiger partial charge in [0, 0.05) is 31.4 Å². The summed E-state index contributed by atoms with van der Waals surface area (Å²) in [4.78, 5) is 16.9. The van der Waals surface area contributed by atoms with Gasteiger partial charge in [0.05, 0.1) is 25.0 Å². The molecule has 0 bridgehead atoms. The second kappa shape index (κ2) is 8.36. The zero-order valence-corrected chi connectivity index (χ0v) is 15.9. The summed E-state index contributed by atoms with van der Waals surface area (Å²) in [5, 5.41) is 4.43. The maximum absolute atomic E-state index is 12.9. The second-order valence-electron chi connectivity index (χ2n) is 7.03. The van der Waals surface area contributed by atoms with Crippen LogP contribution in [-0.2, 0) is 11.3 Å². The number of rotatable bonds is 5. The molecule has 1 amide bonds. The monoisotopic (exact) mass is 356 g/mol. The van der Waals surface area contributed by atoms with Gasteiger partial charge >= 0.3 is 0 Å². The lowest BCUT2D eigenvalue weighted by molar-refractivity contribution is -0.135. The number of carbonyl (C=O) groups excluding carboxylic acids is 1. The summed E-state index contributed by atoms with van der Waals surface area (Å²) in [5.74, 6) is 0.992. The summed E-state index contributed by atoms with van der Waals surface area (Å²) in [7, 11) is 5.59. The molecule has 2 aromatic rings. The van der Waals surface area contributed by atoms with Crippen LogP contribution in [0.25, 0.3) is 5.69 Å². The van der Waals surface area contributed by atoms with Crippen molar-refractivity contribution in [1.82, 2.24) is 19.6 Å². The fraction of sp³-hybridized carbons (Fsp3) is 0.500. The van der Waals surface area contributed by atoms with Gasteiger partial charge < -0.3 is 9.64 Å². The van der Waals surface area contributed by atoms with E-state index < -0.39 is 0 Å². The van der Waals surface area contributed by atoms with E-state index in [-0.39, 0.29) is 11.9 Å². The Morgan fingerprint density at radius 3 is 3.00 bits per heavy atom. The summed E-state index contributed by atoms with van der Waals surface area (Å²) >= 11 is 0. The number of aromatic nitrogens is 2. The van der Waals surface area contributed by atoms with E-state index in [1.54, 1.807) is 7.11 Å². The lowest BCUT2D eigenvalue weighted by Gasteiger charge is -2.28. The van der Waals surface area contributed by atoms with Crippen LogP contribution >= 0.6 is 0 Å². The Balaban J connectivity index is 1.67. The van der Waals surface area contributed by atoms with Gasteiger partial charge in [-0.05, 0) is 38.6 Å². The van der Waals surface area contributed by atoms with Crippen LogP contribution in [0.1, 0.15) is 31.2 Å². The van der Waals surface area contributed by atoms with Crippen LogP contribution in [0.5, 0.6) is 5.75 Å². The largest absolute Gasteiger partial charge is 0.497 e. The first-order chi connectivity index (χ1) is 12.6. The predicted molar refractivity (Wildman–Crippen MR) is 101 cm³/mol. The molecule has 1 aromatic carbocycles. The molecule has 1 aromatic heterocycles. The summed E-state index contributed by atoms with van der Waals surface area (Å²) in [6.45, 7) is 1.56. The average Bonchev–Trinajstić information content (AvgIpc) is 3.01. The maximum atomic E-state index is 12.9. The van der Waals surface area contributed by atoms with Gasteiger partial charge in [0.2, 0.25) is 5.91 Å². The number of likely N-dealkylation sites (N-methyl/N-ethyl adjacent to an activating group) is 2. The highest BCUT2D eigenvalue weighted by Gasteiger charge is 2.27. The number of ether oxygens (including phenoxy) is 1. The SMILES string of the molecule is COc1cccc(-n2cc(CN(C)C(=O)[C@H]3CCCCCN3C)cn2)c1. The van der Waals surface area contributed by atoms with Crippen LogP contribution in [-0.4, -0.2) is 59.3 Å². The molecule has 3 rings (SSSR count). The molecule has 1 fully saturated rings. The van der Waals surface area contributed by atoms with Crippen LogP contribution < -0.4 is 4.74 Å². The van der Waals surface area contributed by atoms with Crippen LogP contribution in [0, 0.1) is 0 Å². The Morgan fingerprint density at radius 1 is 1.35 bits per heavy atom. The molecule has 1 aliphatic rings. The minimum Gasteiger partial charge on any atom is -0.497 e. The van der Waals surface area contributed by atoms with E-state index in [1.165, 1.54) is 12.8 Å². The highest BCUT2D eigenvalue weighted by Crippen LogP contribution is 2.19. The topological polar surface area (TPSA) is 50.6 Å². The molecule has 0 saturated carbocycles. The quantitative estimate of drug-likeness (QED) is 0.827. The molecule has 2 heterocycles. The van der Waals surface area contributed by atoms with Crippen molar-refractivity contribution in [3.63, 3.8) is 0 Å². The molecule has 0 N–H and O–H groups in total. The smallest absolute Gasteiger partial charge is 0.239 e. The number of benzene rings is 1. The molecular weight excluding hydrogens is 328 g/mol. The van der Waals surface area contributed by atoms with E-state index in [0.29, 0.717) is 6.54 Å². The van der Waals surface area contributed by atoms with E-state index in [2.05, 4.69) is 17.0 Å². The van der Waals surface area contributed by atoms with E-state index in [9.17, 15) is 4.79 Å². The first-order valence-electron chi connectivity index (χ1n) is 9.21. The van der Waals surface area contributed by atoms with Crippen LogP contribution in [0.15, 0.2) is 36.7 Å². The molecular formula is C20H28N4O2. The van der Waals surface area contributed by atoms with Crippen molar-refractivity contribution in [1.29, 1.82) is 0 Å². The maximum Gasteiger partial charge on any atom is 0.239 e. The fourth-order valence-electron chi connectivity index (χ4n) is 3.51. The standard InChI is InChI=1S/C20H28N4O2/c1-22-11-6-4-5-10-19(22)20(25)23(2)14-16-13-21-24(15-16)17-8-7-9-18(12-17)26-3/h7-9,12-13,15,19H,4-6,10-11,14H2,1-3H3/t19-/m1/s1. The third-order valence-electron chi connectivity index (χ3n) is 5.06. The van der Waals surface area contributed by atoms with Crippen molar-refractivity contribution in [2.45, 2.75) is 38.3 Å². The van der Waals surface area contributed by atoms with Gasteiger partial charge in [-0.2, -0.15) is 5.10 Å². The Labute approximate surface area is 155 Å². The minimum absolute atomic E-state index is 0.00377. The summed E-state index contributed by atoms with van der Waals surface area (Å²) in [6, 6.07) is 7.76. The molecule has 0 spiro atoms. The molecule has 0 aliphatic carbocycles. The molecule has 1 saturated heterocycles. The van der Waals surface area contributed by atoms with E-state index in [0.717, 1.165) is 36.4 Å². The number of methoxy groups -OCH3 is 1. The van der Waals surface area contributed by atoms with Crippen molar-refractivity contribution in [3.8, 4) is 11.4 Å². The normalized spacial score (nSPS) is 18.3. The highest BCUT2D eigenvalue weighted by molar-refractivity contribution is 5.81. The van der Waals surface area contributed by atoms with Crippen LogP contribution in [0.2, 0.25) is 0 Å². The van der Waals surface area contributed by atoms with Crippen molar-refractivity contribution in [3.05, 3.63) is 42.2 Å². The highest BCUT2D eigenvalue weighted by atomic mass is 16.5. The Morgan fingerprint density at radius 2 is 2.19 bits per heavy atom. The van der Waals surface area contributed by atoms with Gasteiger partial charge in [-0.1, -0.05) is 18.9 Å². The zero-order valence-electron chi connectivity index (χ0n) is 15.9. The Kier molecular flexibility index (Phi) is 5.93. The summed E-state index contributed by atoms with van der Waals surface area (Å²) < 4.78 is 7.08. The van der Waals surface area contributed by atoms with Gasteiger partial charge in [0.25, 0.3) is 0 Å². The van der Waals surface area contributed by atoms with Gasteiger partial charge in [-0.3, -0.25) is 9.69 Å². The molecule has 6 nitrogen and oxygen atoms in total. The molecule has 6 heteroatoms. The van der Waals surface area contributed by atoms with E-state index in [4.69, 9.17) is 4.74 Å². The van der Waals surface area contributed by atoms with Gasteiger partial charge in [-0.25, -0.2) is 4.68 Å². The molecule has 1 atom stereocenters. The first kappa shape index (κ1) is 18.5.